The van der Waals surface area contributed by atoms with Crippen molar-refractivity contribution in [2.45, 2.75) is 24.7 Å². The first-order chi connectivity index (χ1) is 17.7. The normalized spacial score (nSPS) is 12.0. The second-order valence-corrected chi connectivity index (χ2v) is 9.18. The number of H-pyrrole nitrogens is 1. The molecule has 37 heavy (non-hydrogen) atoms. The molecular weight excluding hydrogens is 502 g/mol. The third-order valence-electron chi connectivity index (χ3n) is 5.62. The maximum atomic E-state index is 12.7. The van der Waals surface area contributed by atoms with Gasteiger partial charge in [-0.15, -0.1) is 0 Å². The van der Waals surface area contributed by atoms with Gasteiger partial charge in [0, 0.05) is 24.7 Å². The SMILES string of the molecule is Cc1ccccc1OC[C@@H](O)Cn1c(SCC(=O)c2ccc([N+](=O)[O-])cc2)nc2c1c(=O)[nH]c(=O)n2C. The third kappa shape index (κ3) is 5.62. The van der Waals surface area contributed by atoms with Gasteiger partial charge in [-0.25, -0.2) is 9.78 Å². The predicted molar refractivity (Wildman–Crippen MR) is 136 cm³/mol. The zero-order valence-electron chi connectivity index (χ0n) is 19.9. The molecule has 0 aliphatic rings. The number of imidazole rings is 1. The van der Waals surface area contributed by atoms with Crippen LogP contribution in [0.2, 0.25) is 0 Å². The summed E-state index contributed by atoms with van der Waals surface area (Å²) in [7, 11) is 1.45. The van der Waals surface area contributed by atoms with E-state index in [1.807, 2.05) is 25.1 Å². The number of rotatable bonds is 10. The molecule has 2 N–H and O–H groups in total. The Bertz CT molecular complexity index is 1590. The van der Waals surface area contributed by atoms with Crippen molar-refractivity contribution in [3.05, 3.63) is 90.6 Å². The van der Waals surface area contributed by atoms with E-state index in [4.69, 9.17) is 4.74 Å². The number of carbonyl (C=O) groups excluding carboxylic acids is 1. The highest BCUT2D eigenvalue weighted by Crippen LogP contribution is 2.24. The number of ketones is 1. The molecule has 192 valence electrons. The van der Waals surface area contributed by atoms with E-state index < -0.39 is 22.3 Å². The zero-order chi connectivity index (χ0) is 26.7. The number of benzene rings is 2. The van der Waals surface area contributed by atoms with Crippen molar-refractivity contribution in [3.8, 4) is 5.75 Å². The molecule has 0 bridgehead atoms. The first kappa shape index (κ1) is 25.9. The molecule has 0 saturated carbocycles. The number of hydrogen-bond donors (Lipinski definition) is 2. The molecule has 0 aliphatic heterocycles. The third-order valence-corrected chi connectivity index (χ3v) is 6.60. The lowest BCUT2D eigenvalue weighted by Gasteiger charge is -2.16. The van der Waals surface area contributed by atoms with E-state index in [9.17, 15) is 29.6 Å². The number of para-hydroxylation sites is 1. The van der Waals surface area contributed by atoms with Crippen molar-refractivity contribution < 1.29 is 19.6 Å². The van der Waals surface area contributed by atoms with Crippen LogP contribution in [-0.2, 0) is 13.6 Å². The summed E-state index contributed by atoms with van der Waals surface area (Å²) in [5.74, 6) is 0.202. The Morgan fingerprint density at radius 3 is 2.59 bits per heavy atom. The summed E-state index contributed by atoms with van der Waals surface area (Å²) in [5, 5.41) is 21.8. The lowest BCUT2D eigenvalue weighted by molar-refractivity contribution is -0.384. The number of aliphatic hydroxyl groups excluding tert-OH is 1. The van der Waals surface area contributed by atoms with Gasteiger partial charge in [-0.3, -0.25) is 29.3 Å². The molecule has 0 radical (unpaired) electrons. The molecule has 2 aromatic heterocycles. The molecule has 0 aliphatic carbocycles. The van der Waals surface area contributed by atoms with Crippen LogP contribution >= 0.6 is 11.8 Å². The smallest absolute Gasteiger partial charge is 0.329 e. The fourth-order valence-electron chi connectivity index (χ4n) is 3.64. The first-order valence-electron chi connectivity index (χ1n) is 11.1. The summed E-state index contributed by atoms with van der Waals surface area (Å²) in [5.41, 5.74) is -0.107. The lowest BCUT2D eigenvalue weighted by atomic mass is 10.1. The van der Waals surface area contributed by atoms with Crippen molar-refractivity contribution in [1.82, 2.24) is 19.1 Å². The molecule has 0 amide bonds. The van der Waals surface area contributed by atoms with Crippen LogP contribution < -0.4 is 16.0 Å². The van der Waals surface area contributed by atoms with Gasteiger partial charge in [0.05, 0.1) is 17.2 Å². The molecule has 2 heterocycles. The minimum Gasteiger partial charge on any atom is -0.491 e. The Hall–Kier alpha value is -4.23. The molecule has 13 heteroatoms. The largest absolute Gasteiger partial charge is 0.491 e. The summed E-state index contributed by atoms with van der Waals surface area (Å²) in [6.07, 6.45) is -1.04. The van der Waals surface area contributed by atoms with E-state index in [2.05, 4.69) is 9.97 Å². The first-order valence-corrected chi connectivity index (χ1v) is 12.1. The standard InChI is InChI=1S/C24H23N5O7S/c1-14-5-3-4-6-19(14)36-12-17(30)11-28-20-21(27(2)23(33)26-22(20)32)25-24(28)37-13-18(31)15-7-9-16(10-8-15)29(34)35/h3-10,17,30H,11-13H2,1-2H3,(H,26,32,33)/t17-/m0/s1. The van der Waals surface area contributed by atoms with Crippen molar-refractivity contribution in [2.24, 2.45) is 7.05 Å². The molecule has 1 atom stereocenters. The molecule has 0 unspecified atom stereocenters. The van der Waals surface area contributed by atoms with Gasteiger partial charge in [0.25, 0.3) is 11.2 Å². The van der Waals surface area contributed by atoms with E-state index in [1.165, 1.54) is 40.4 Å². The number of carbonyl (C=O) groups is 1. The van der Waals surface area contributed by atoms with Gasteiger partial charge in [-0.05, 0) is 30.7 Å². The number of nitro benzene ring substituents is 1. The number of hydrogen-bond acceptors (Lipinski definition) is 9. The Morgan fingerprint density at radius 2 is 1.92 bits per heavy atom. The average molecular weight is 526 g/mol. The van der Waals surface area contributed by atoms with Crippen molar-refractivity contribution in [1.29, 1.82) is 0 Å². The predicted octanol–water partition coefficient (Wildman–Crippen LogP) is 2.05. The molecule has 4 rings (SSSR count). The number of aromatic nitrogens is 4. The topological polar surface area (TPSA) is 162 Å². The highest BCUT2D eigenvalue weighted by Gasteiger charge is 2.21. The molecule has 0 fully saturated rings. The fourth-order valence-corrected chi connectivity index (χ4v) is 4.54. The number of fused-ring (bicyclic) bond motifs is 1. The fraction of sp³-hybridized carbons (Fsp3) is 0.250. The minimum absolute atomic E-state index is 0.0694. The minimum atomic E-state index is -1.04. The molecule has 12 nitrogen and oxygen atoms in total. The van der Waals surface area contributed by atoms with Gasteiger partial charge in [-0.1, -0.05) is 30.0 Å². The van der Waals surface area contributed by atoms with Gasteiger partial charge in [0.1, 0.15) is 18.5 Å². The summed E-state index contributed by atoms with van der Waals surface area (Å²) in [6, 6.07) is 12.6. The number of non-ortho nitro benzene ring substituents is 1. The average Bonchev–Trinajstić information content (AvgIpc) is 3.24. The number of nitro groups is 1. The van der Waals surface area contributed by atoms with Crippen LogP contribution in [0.4, 0.5) is 5.69 Å². The van der Waals surface area contributed by atoms with Crippen molar-refractivity contribution >= 4 is 34.4 Å². The second-order valence-electron chi connectivity index (χ2n) is 8.24. The quantitative estimate of drug-likeness (QED) is 0.137. The molecule has 2 aromatic carbocycles. The molecule has 0 spiro atoms. The maximum absolute atomic E-state index is 12.7. The molecule has 0 saturated heterocycles. The van der Waals surface area contributed by atoms with Crippen LogP contribution in [0.3, 0.4) is 0 Å². The van der Waals surface area contributed by atoms with E-state index in [0.29, 0.717) is 5.75 Å². The highest BCUT2D eigenvalue weighted by atomic mass is 32.2. The summed E-state index contributed by atoms with van der Waals surface area (Å²) in [4.78, 5) is 54.4. The Kier molecular flexibility index (Phi) is 7.55. The van der Waals surface area contributed by atoms with Crippen LogP contribution in [0.1, 0.15) is 15.9 Å². The Labute approximate surface area is 213 Å². The lowest BCUT2D eigenvalue weighted by Crippen LogP contribution is -2.30. The van der Waals surface area contributed by atoms with Gasteiger partial charge >= 0.3 is 5.69 Å². The van der Waals surface area contributed by atoms with E-state index in [-0.39, 0.29) is 52.3 Å². The van der Waals surface area contributed by atoms with Crippen molar-refractivity contribution in [3.63, 3.8) is 0 Å². The van der Waals surface area contributed by atoms with E-state index in [1.54, 1.807) is 6.07 Å². The van der Waals surface area contributed by atoms with Crippen LogP contribution in [0.25, 0.3) is 11.2 Å². The van der Waals surface area contributed by atoms with Crippen LogP contribution in [0.5, 0.6) is 5.75 Å². The van der Waals surface area contributed by atoms with Crippen LogP contribution in [0, 0.1) is 17.0 Å². The van der Waals surface area contributed by atoms with Crippen molar-refractivity contribution in [2.75, 3.05) is 12.4 Å². The number of aromatic amines is 1. The number of nitrogens with zero attached hydrogens (tertiary/aromatic N) is 4. The van der Waals surface area contributed by atoms with Gasteiger partial charge in [0.2, 0.25) is 0 Å². The number of Topliss-reactive ketones (excluding diaryl/α,β-unsaturated/α-hetero) is 1. The summed E-state index contributed by atoms with van der Waals surface area (Å²) >= 11 is 1.02. The maximum Gasteiger partial charge on any atom is 0.329 e. The molecular formula is C24H23N5O7S. The number of thioether (sulfide) groups is 1. The summed E-state index contributed by atoms with van der Waals surface area (Å²) < 4.78 is 8.35. The van der Waals surface area contributed by atoms with E-state index in [0.717, 1.165) is 17.3 Å². The van der Waals surface area contributed by atoms with Crippen LogP contribution in [0.15, 0.2) is 63.3 Å². The monoisotopic (exact) mass is 525 g/mol. The second kappa shape index (κ2) is 10.8. The van der Waals surface area contributed by atoms with Gasteiger partial charge in [0.15, 0.2) is 22.1 Å². The summed E-state index contributed by atoms with van der Waals surface area (Å²) in [6.45, 7) is 1.72. The Balaban J connectivity index is 1.59. The number of ether oxygens (including phenoxy) is 1. The van der Waals surface area contributed by atoms with Gasteiger partial charge < -0.3 is 14.4 Å². The zero-order valence-corrected chi connectivity index (χ0v) is 20.7. The Morgan fingerprint density at radius 1 is 1.22 bits per heavy atom. The van der Waals surface area contributed by atoms with E-state index >= 15 is 0 Å². The van der Waals surface area contributed by atoms with Gasteiger partial charge in [-0.2, -0.15) is 0 Å². The number of nitrogens with one attached hydrogen (secondary N) is 1. The molecule has 4 aromatic rings. The van der Waals surface area contributed by atoms with Crippen LogP contribution in [-0.4, -0.2) is 53.4 Å². The highest BCUT2D eigenvalue weighted by molar-refractivity contribution is 7.99. The number of aryl methyl sites for hydroxylation is 2. The number of aliphatic hydroxyl groups is 1.